The molecule has 0 saturated carbocycles. The van der Waals surface area contributed by atoms with Gasteiger partial charge in [-0.3, -0.25) is 9.59 Å². The number of fused-ring (bicyclic) bond motifs is 1. The van der Waals surface area contributed by atoms with Crippen LogP contribution in [-0.4, -0.2) is 42.9 Å². The van der Waals surface area contributed by atoms with Gasteiger partial charge in [-0.25, -0.2) is 0 Å². The number of rotatable bonds is 7. The largest absolute Gasteiger partial charge is 0.451 e. The van der Waals surface area contributed by atoms with E-state index in [1.807, 2.05) is 55.5 Å². The van der Waals surface area contributed by atoms with Crippen LogP contribution in [0.4, 0.5) is 5.69 Å². The fourth-order valence-corrected chi connectivity index (χ4v) is 5.36. The van der Waals surface area contributed by atoms with Crippen LogP contribution in [0.2, 0.25) is 0 Å². The third-order valence-electron chi connectivity index (χ3n) is 7.39. The van der Waals surface area contributed by atoms with E-state index in [2.05, 4.69) is 33.7 Å². The number of hydrogen-bond acceptors (Lipinski definition) is 5. The summed E-state index contributed by atoms with van der Waals surface area (Å²) in [4.78, 5) is 26.5. The zero-order valence-corrected chi connectivity index (χ0v) is 22.3. The molecule has 0 atom stereocenters. The molecular weight excluding hydrogens is 488 g/mol. The molecule has 1 aliphatic rings. The Morgan fingerprint density at radius 1 is 1.05 bits per heavy atom. The molecule has 0 radical (unpaired) electrons. The SMILES string of the molecule is CC(=O)Nc1cccc(C2CCN(CCNC(=O)c3cc4cc(-c5ccc(C#N)cc5C)ccc4o3)CC2)c1. The molecule has 4 aromatic rings. The number of anilines is 1. The van der Waals surface area contributed by atoms with Gasteiger partial charge in [-0.05, 0) is 103 Å². The Morgan fingerprint density at radius 3 is 2.62 bits per heavy atom. The van der Waals surface area contributed by atoms with Crippen LogP contribution in [-0.2, 0) is 4.79 Å². The second-order valence-corrected chi connectivity index (χ2v) is 10.2. The number of carbonyl (C=O) groups excluding carboxylic acids is 2. The van der Waals surface area contributed by atoms with Crippen molar-refractivity contribution in [3.8, 4) is 17.2 Å². The number of benzene rings is 3. The van der Waals surface area contributed by atoms with Gasteiger partial charge in [0, 0.05) is 31.1 Å². The van der Waals surface area contributed by atoms with Gasteiger partial charge in [0.25, 0.3) is 5.91 Å². The van der Waals surface area contributed by atoms with Gasteiger partial charge in [0.15, 0.2) is 5.76 Å². The van der Waals surface area contributed by atoms with E-state index in [4.69, 9.17) is 9.68 Å². The Bertz CT molecular complexity index is 1560. The van der Waals surface area contributed by atoms with Gasteiger partial charge in [0.1, 0.15) is 5.58 Å². The molecule has 39 heavy (non-hydrogen) atoms. The maximum absolute atomic E-state index is 12.8. The molecule has 0 unspecified atom stereocenters. The second kappa shape index (κ2) is 11.5. The summed E-state index contributed by atoms with van der Waals surface area (Å²) in [6.07, 6.45) is 2.09. The van der Waals surface area contributed by atoms with Crippen LogP contribution >= 0.6 is 0 Å². The molecule has 0 spiro atoms. The van der Waals surface area contributed by atoms with Crippen LogP contribution in [0.15, 0.2) is 71.1 Å². The smallest absolute Gasteiger partial charge is 0.287 e. The summed E-state index contributed by atoms with van der Waals surface area (Å²) in [6, 6.07) is 23.6. The number of nitriles is 1. The van der Waals surface area contributed by atoms with E-state index in [9.17, 15) is 9.59 Å². The summed E-state index contributed by atoms with van der Waals surface area (Å²) in [5, 5.41) is 15.9. The van der Waals surface area contributed by atoms with Crippen LogP contribution in [0.25, 0.3) is 22.1 Å². The Morgan fingerprint density at radius 2 is 1.87 bits per heavy atom. The van der Waals surface area contributed by atoms with E-state index in [1.54, 1.807) is 6.07 Å². The van der Waals surface area contributed by atoms with Crippen molar-refractivity contribution in [2.75, 3.05) is 31.5 Å². The van der Waals surface area contributed by atoms with E-state index < -0.39 is 0 Å². The number of nitrogens with one attached hydrogen (secondary N) is 2. The fraction of sp³-hybridized carbons (Fsp3) is 0.281. The first-order chi connectivity index (χ1) is 18.9. The maximum atomic E-state index is 12.8. The van der Waals surface area contributed by atoms with Crippen molar-refractivity contribution < 1.29 is 14.0 Å². The molecule has 7 nitrogen and oxygen atoms in total. The Balaban J connectivity index is 1.13. The summed E-state index contributed by atoms with van der Waals surface area (Å²) in [6.45, 7) is 6.78. The number of likely N-dealkylation sites (tertiary alicyclic amines) is 1. The second-order valence-electron chi connectivity index (χ2n) is 10.2. The van der Waals surface area contributed by atoms with E-state index in [1.165, 1.54) is 12.5 Å². The van der Waals surface area contributed by atoms with Gasteiger partial charge in [-0.1, -0.05) is 24.3 Å². The van der Waals surface area contributed by atoms with Gasteiger partial charge in [-0.2, -0.15) is 5.26 Å². The average Bonchev–Trinajstić information content (AvgIpc) is 3.37. The van der Waals surface area contributed by atoms with Crippen LogP contribution in [0.5, 0.6) is 0 Å². The molecule has 7 heteroatoms. The van der Waals surface area contributed by atoms with Crippen molar-refractivity contribution in [1.82, 2.24) is 10.2 Å². The molecule has 1 aromatic heterocycles. The third kappa shape index (κ3) is 6.19. The highest BCUT2D eigenvalue weighted by molar-refractivity contribution is 5.97. The molecule has 1 saturated heterocycles. The minimum absolute atomic E-state index is 0.0606. The molecule has 0 bridgehead atoms. The first-order valence-electron chi connectivity index (χ1n) is 13.3. The lowest BCUT2D eigenvalue weighted by molar-refractivity contribution is -0.114. The van der Waals surface area contributed by atoms with Crippen LogP contribution < -0.4 is 10.6 Å². The highest BCUT2D eigenvalue weighted by Crippen LogP contribution is 2.30. The zero-order valence-electron chi connectivity index (χ0n) is 22.3. The molecule has 5 rings (SSSR count). The van der Waals surface area contributed by atoms with Crippen LogP contribution in [0.3, 0.4) is 0 Å². The molecule has 198 valence electrons. The lowest BCUT2D eigenvalue weighted by atomic mass is 9.89. The molecule has 1 aliphatic heterocycles. The Hall–Kier alpha value is -4.41. The molecule has 3 aromatic carbocycles. The van der Waals surface area contributed by atoms with Gasteiger partial charge in [-0.15, -0.1) is 0 Å². The number of nitrogens with zero attached hydrogens (tertiary/aromatic N) is 2. The highest BCUT2D eigenvalue weighted by Gasteiger charge is 2.21. The summed E-state index contributed by atoms with van der Waals surface area (Å²) in [5.74, 6) is 0.496. The lowest BCUT2D eigenvalue weighted by Crippen LogP contribution is -2.39. The fourth-order valence-electron chi connectivity index (χ4n) is 5.36. The normalized spacial score (nSPS) is 14.2. The molecular formula is C32H32N4O3. The third-order valence-corrected chi connectivity index (χ3v) is 7.39. The van der Waals surface area contributed by atoms with E-state index in [-0.39, 0.29) is 11.8 Å². The standard InChI is InChI=1S/C32H32N4O3/c1-21-16-23(20-33)6-8-29(21)26-7-9-30-27(17-26)19-31(39-30)32(38)34-12-15-36-13-10-24(11-14-36)25-4-3-5-28(18-25)35-22(2)37/h3-9,16-19,24H,10-15H2,1-2H3,(H,34,38)(H,35,37). The van der Waals surface area contributed by atoms with Crippen LogP contribution in [0.1, 0.15) is 52.9 Å². The number of hydrogen-bond donors (Lipinski definition) is 2. The van der Waals surface area contributed by atoms with E-state index >= 15 is 0 Å². The minimum atomic E-state index is -0.216. The number of amides is 2. The predicted molar refractivity (Wildman–Crippen MR) is 153 cm³/mol. The lowest BCUT2D eigenvalue weighted by Gasteiger charge is -2.32. The topological polar surface area (TPSA) is 98.4 Å². The van der Waals surface area contributed by atoms with Gasteiger partial charge < -0.3 is 20.0 Å². The zero-order chi connectivity index (χ0) is 27.4. The van der Waals surface area contributed by atoms with Crippen molar-refractivity contribution >= 4 is 28.5 Å². The number of aryl methyl sites for hydroxylation is 1. The molecule has 0 aliphatic carbocycles. The Labute approximate surface area is 228 Å². The van der Waals surface area contributed by atoms with E-state index in [0.717, 1.165) is 60.2 Å². The van der Waals surface area contributed by atoms with Gasteiger partial charge >= 0.3 is 0 Å². The highest BCUT2D eigenvalue weighted by atomic mass is 16.3. The quantitative estimate of drug-likeness (QED) is 0.319. The van der Waals surface area contributed by atoms with Crippen molar-refractivity contribution in [3.05, 3.63) is 89.2 Å². The van der Waals surface area contributed by atoms with E-state index in [0.29, 0.717) is 29.4 Å². The van der Waals surface area contributed by atoms with Gasteiger partial charge in [0.05, 0.1) is 11.6 Å². The monoisotopic (exact) mass is 520 g/mol. The summed E-state index contributed by atoms with van der Waals surface area (Å²) >= 11 is 0. The summed E-state index contributed by atoms with van der Waals surface area (Å²) in [7, 11) is 0. The molecule has 2 amide bonds. The molecule has 2 heterocycles. The molecule has 2 N–H and O–H groups in total. The average molecular weight is 521 g/mol. The first kappa shape index (κ1) is 26.2. The molecule has 1 fully saturated rings. The maximum Gasteiger partial charge on any atom is 0.287 e. The first-order valence-corrected chi connectivity index (χ1v) is 13.3. The van der Waals surface area contributed by atoms with Crippen molar-refractivity contribution in [2.24, 2.45) is 0 Å². The Kier molecular flexibility index (Phi) is 7.76. The number of piperidine rings is 1. The summed E-state index contributed by atoms with van der Waals surface area (Å²) in [5.41, 5.74) is 6.50. The number of furan rings is 1. The summed E-state index contributed by atoms with van der Waals surface area (Å²) < 4.78 is 5.83. The van der Waals surface area contributed by atoms with Gasteiger partial charge in [0.2, 0.25) is 5.91 Å². The van der Waals surface area contributed by atoms with Crippen molar-refractivity contribution in [3.63, 3.8) is 0 Å². The predicted octanol–water partition coefficient (Wildman–Crippen LogP) is 5.85. The van der Waals surface area contributed by atoms with Crippen molar-refractivity contribution in [1.29, 1.82) is 5.26 Å². The van der Waals surface area contributed by atoms with Crippen LogP contribution in [0, 0.1) is 18.3 Å². The van der Waals surface area contributed by atoms with Crippen molar-refractivity contribution in [2.45, 2.75) is 32.6 Å². The minimum Gasteiger partial charge on any atom is -0.451 e. The number of carbonyl (C=O) groups is 2.